The van der Waals surface area contributed by atoms with E-state index in [1.807, 2.05) is 0 Å². The van der Waals surface area contributed by atoms with E-state index >= 15 is 0 Å². The highest BCUT2D eigenvalue weighted by atomic mass is 16.5. The van der Waals surface area contributed by atoms with Crippen LogP contribution in [0.3, 0.4) is 0 Å². The second-order valence-corrected chi connectivity index (χ2v) is 3.88. The van der Waals surface area contributed by atoms with Gasteiger partial charge in [-0.15, -0.1) is 0 Å². The zero-order valence-electron chi connectivity index (χ0n) is 10.9. The Bertz CT molecular complexity index is 450. The van der Waals surface area contributed by atoms with Crippen molar-refractivity contribution >= 4 is 17.7 Å². The fourth-order valence-electron chi connectivity index (χ4n) is 1.40. The van der Waals surface area contributed by atoms with Crippen molar-refractivity contribution in [3.63, 3.8) is 0 Å². The molecule has 7 heteroatoms. The number of aromatic carboxylic acids is 1. The van der Waals surface area contributed by atoms with Crippen LogP contribution in [-0.2, 0) is 9.53 Å². The molecule has 0 spiro atoms. The molecule has 0 atom stereocenters. The number of carboxylic acid groups (broad SMARTS) is 1. The van der Waals surface area contributed by atoms with Gasteiger partial charge in [0.15, 0.2) is 5.69 Å². The lowest BCUT2D eigenvalue weighted by Gasteiger charge is -2.17. The van der Waals surface area contributed by atoms with Crippen LogP contribution in [0.25, 0.3) is 0 Å². The molecule has 104 valence electrons. The lowest BCUT2D eigenvalue weighted by molar-refractivity contribution is -0.119. The molecular weight excluding hydrogens is 250 g/mol. The molecule has 19 heavy (non-hydrogen) atoms. The zero-order valence-corrected chi connectivity index (χ0v) is 10.9. The Morgan fingerprint density at radius 1 is 1.47 bits per heavy atom. The van der Waals surface area contributed by atoms with Crippen LogP contribution in [0, 0.1) is 0 Å². The van der Waals surface area contributed by atoms with Gasteiger partial charge in [-0.3, -0.25) is 4.79 Å². The van der Waals surface area contributed by atoms with Crippen molar-refractivity contribution in [2.75, 3.05) is 38.8 Å². The number of nitrogens with zero attached hydrogens (tertiary/aromatic N) is 2. The largest absolute Gasteiger partial charge is 0.477 e. The number of hydrogen-bond donors (Lipinski definition) is 2. The van der Waals surface area contributed by atoms with Gasteiger partial charge in [0, 0.05) is 20.7 Å². The summed E-state index contributed by atoms with van der Waals surface area (Å²) in [7, 11) is 3.23. The maximum absolute atomic E-state index is 11.6. The third-order valence-corrected chi connectivity index (χ3v) is 2.35. The molecule has 0 fully saturated rings. The molecule has 0 aromatic carbocycles. The second kappa shape index (κ2) is 7.32. The van der Waals surface area contributed by atoms with E-state index < -0.39 is 5.97 Å². The van der Waals surface area contributed by atoms with Crippen molar-refractivity contribution in [3.05, 3.63) is 23.9 Å². The third-order valence-electron chi connectivity index (χ3n) is 2.35. The van der Waals surface area contributed by atoms with E-state index in [9.17, 15) is 9.59 Å². The Kier molecular flexibility index (Phi) is 5.74. The summed E-state index contributed by atoms with van der Waals surface area (Å²) in [6, 6.07) is 4.64. The molecule has 1 aromatic heterocycles. The molecule has 1 amide bonds. The summed E-state index contributed by atoms with van der Waals surface area (Å²) in [5.41, 5.74) is -0.0517. The maximum Gasteiger partial charge on any atom is 0.354 e. The number of carbonyl (C=O) groups excluding carboxylic acids is 1. The summed E-state index contributed by atoms with van der Waals surface area (Å²) in [6.07, 6.45) is 0. The summed E-state index contributed by atoms with van der Waals surface area (Å²) in [5.74, 6) is -0.844. The Labute approximate surface area is 111 Å². The molecule has 0 saturated heterocycles. The van der Waals surface area contributed by atoms with E-state index in [1.165, 1.54) is 6.07 Å². The lowest BCUT2D eigenvalue weighted by atomic mass is 10.3. The minimum Gasteiger partial charge on any atom is -0.477 e. The second-order valence-electron chi connectivity index (χ2n) is 3.88. The van der Waals surface area contributed by atoms with Gasteiger partial charge in [0.25, 0.3) is 0 Å². The van der Waals surface area contributed by atoms with E-state index in [-0.39, 0.29) is 18.1 Å². The average Bonchev–Trinajstić information content (AvgIpc) is 2.39. The van der Waals surface area contributed by atoms with Crippen molar-refractivity contribution < 1.29 is 19.4 Å². The Balaban J connectivity index is 2.57. The van der Waals surface area contributed by atoms with Gasteiger partial charge in [-0.2, -0.15) is 0 Å². The first-order chi connectivity index (χ1) is 9.04. The van der Waals surface area contributed by atoms with Crippen molar-refractivity contribution in [3.8, 4) is 0 Å². The maximum atomic E-state index is 11.6. The summed E-state index contributed by atoms with van der Waals surface area (Å²) in [5, 5.41) is 11.5. The Morgan fingerprint density at radius 2 is 2.21 bits per heavy atom. The van der Waals surface area contributed by atoms with Crippen LogP contribution in [0.15, 0.2) is 18.2 Å². The van der Waals surface area contributed by atoms with Crippen molar-refractivity contribution in [2.24, 2.45) is 0 Å². The predicted molar refractivity (Wildman–Crippen MR) is 69.4 cm³/mol. The molecule has 0 bridgehead atoms. The average molecular weight is 267 g/mol. The molecule has 0 aliphatic rings. The van der Waals surface area contributed by atoms with Crippen LogP contribution in [0.2, 0.25) is 0 Å². The van der Waals surface area contributed by atoms with E-state index in [4.69, 9.17) is 9.84 Å². The van der Waals surface area contributed by atoms with Crippen LogP contribution in [0.5, 0.6) is 0 Å². The van der Waals surface area contributed by atoms with E-state index in [0.29, 0.717) is 19.0 Å². The number of pyridine rings is 1. The smallest absolute Gasteiger partial charge is 0.354 e. The standard InChI is InChI=1S/C12H17N3O4/c1-15(8-11(16)13-6-7-19-2)10-5-3-4-9(14-10)12(17)18/h3-5H,6-8H2,1-2H3,(H,13,16)(H,17,18). The van der Waals surface area contributed by atoms with Gasteiger partial charge >= 0.3 is 5.97 Å². The number of hydrogen-bond acceptors (Lipinski definition) is 5. The molecule has 2 N–H and O–H groups in total. The number of carbonyl (C=O) groups is 2. The fourth-order valence-corrected chi connectivity index (χ4v) is 1.40. The van der Waals surface area contributed by atoms with Crippen molar-refractivity contribution in [1.29, 1.82) is 0 Å². The normalized spacial score (nSPS) is 10.0. The number of amides is 1. The Hall–Kier alpha value is -2.15. The van der Waals surface area contributed by atoms with Gasteiger partial charge in [0.05, 0.1) is 13.2 Å². The first-order valence-electron chi connectivity index (χ1n) is 5.71. The minimum atomic E-state index is -1.10. The van der Waals surface area contributed by atoms with Crippen LogP contribution in [-0.4, -0.2) is 55.8 Å². The zero-order chi connectivity index (χ0) is 14.3. The number of carboxylic acids is 1. The predicted octanol–water partition coefficient (Wildman–Crippen LogP) is -0.0214. The molecule has 1 rings (SSSR count). The van der Waals surface area contributed by atoms with Crippen LogP contribution >= 0.6 is 0 Å². The number of methoxy groups -OCH3 is 1. The molecule has 0 aliphatic carbocycles. The summed E-state index contributed by atoms with van der Waals surface area (Å²) in [4.78, 5) is 27.9. The van der Waals surface area contributed by atoms with Crippen molar-refractivity contribution in [1.82, 2.24) is 10.3 Å². The summed E-state index contributed by atoms with van der Waals surface area (Å²) >= 11 is 0. The number of ether oxygens (including phenoxy) is 1. The van der Waals surface area contributed by atoms with E-state index in [2.05, 4.69) is 10.3 Å². The first kappa shape index (κ1) is 14.9. The van der Waals surface area contributed by atoms with E-state index in [1.54, 1.807) is 31.2 Å². The minimum absolute atomic E-state index is 0.0517. The fraction of sp³-hybridized carbons (Fsp3) is 0.417. The number of rotatable bonds is 7. The third kappa shape index (κ3) is 4.92. The quantitative estimate of drug-likeness (QED) is 0.674. The first-order valence-corrected chi connectivity index (χ1v) is 5.71. The highest BCUT2D eigenvalue weighted by Gasteiger charge is 2.10. The SMILES string of the molecule is COCCNC(=O)CN(C)c1cccc(C(=O)O)n1. The molecule has 0 aliphatic heterocycles. The highest BCUT2D eigenvalue weighted by Crippen LogP contribution is 2.09. The molecular formula is C12H17N3O4. The number of likely N-dealkylation sites (N-methyl/N-ethyl adjacent to an activating group) is 1. The molecule has 0 unspecified atom stereocenters. The topological polar surface area (TPSA) is 91.8 Å². The summed E-state index contributed by atoms with van der Waals surface area (Å²) in [6.45, 7) is 0.980. The summed E-state index contributed by atoms with van der Waals surface area (Å²) < 4.78 is 4.82. The van der Waals surface area contributed by atoms with E-state index in [0.717, 1.165) is 0 Å². The van der Waals surface area contributed by atoms with Gasteiger partial charge in [-0.1, -0.05) is 6.07 Å². The number of aromatic nitrogens is 1. The van der Waals surface area contributed by atoms with Crippen molar-refractivity contribution in [2.45, 2.75) is 0 Å². The highest BCUT2D eigenvalue weighted by molar-refractivity contribution is 5.86. The van der Waals surface area contributed by atoms with Crippen LogP contribution in [0.4, 0.5) is 5.82 Å². The lowest BCUT2D eigenvalue weighted by Crippen LogP contribution is -2.37. The van der Waals surface area contributed by atoms with Gasteiger partial charge in [0.2, 0.25) is 5.91 Å². The monoisotopic (exact) mass is 267 g/mol. The number of nitrogens with one attached hydrogen (secondary N) is 1. The van der Waals surface area contributed by atoms with Crippen LogP contribution < -0.4 is 10.2 Å². The molecule has 1 aromatic rings. The van der Waals surface area contributed by atoms with Crippen LogP contribution in [0.1, 0.15) is 10.5 Å². The molecule has 7 nitrogen and oxygen atoms in total. The molecule has 0 radical (unpaired) electrons. The molecule has 0 saturated carbocycles. The van der Waals surface area contributed by atoms with Gasteiger partial charge in [-0.05, 0) is 12.1 Å². The number of anilines is 1. The molecule has 1 heterocycles. The van der Waals surface area contributed by atoms with Gasteiger partial charge < -0.3 is 20.1 Å². The van der Waals surface area contributed by atoms with Gasteiger partial charge in [-0.25, -0.2) is 9.78 Å². The Morgan fingerprint density at radius 3 is 2.84 bits per heavy atom. The van der Waals surface area contributed by atoms with Gasteiger partial charge in [0.1, 0.15) is 5.82 Å².